The lowest BCUT2D eigenvalue weighted by Crippen LogP contribution is -2.42. The van der Waals surface area contributed by atoms with Crippen LogP contribution >= 0.6 is 0 Å². The summed E-state index contributed by atoms with van der Waals surface area (Å²) in [7, 11) is -0.875. The van der Waals surface area contributed by atoms with Crippen molar-refractivity contribution in [3.63, 3.8) is 0 Å². The first-order valence-corrected chi connectivity index (χ1v) is 12.3. The second kappa shape index (κ2) is 10.6. The Morgan fingerprint density at radius 3 is 2.26 bits per heavy atom. The maximum atomic E-state index is 13.6. The van der Waals surface area contributed by atoms with Crippen LogP contribution in [0.1, 0.15) is 29.7 Å². The summed E-state index contributed by atoms with van der Waals surface area (Å²) in [5.41, 5.74) is 2.86. The van der Waals surface area contributed by atoms with Gasteiger partial charge in [-0.3, -0.25) is 9.10 Å². The number of hydrogen-bond acceptors (Lipinski definition) is 5. The van der Waals surface area contributed by atoms with Crippen molar-refractivity contribution in [2.75, 3.05) is 25.1 Å². The van der Waals surface area contributed by atoms with E-state index in [-0.39, 0.29) is 11.4 Å². The van der Waals surface area contributed by atoms with Gasteiger partial charge in [-0.15, -0.1) is 0 Å². The van der Waals surface area contributed by atoms with Crippen LogP contribution in [0.2, 0.25) is 0 Å². The number of anilines is 1. The van der Waals surface area contributed by atoms with Crippen molar-refractivity contribution in [3.05, 3.63) is 83.4 Å². The third-order valence-corrected chi connectivity index (χ3v) is 7.34. The van der Waals surface area contributed by atoms with Gasteiger partial charge < -0.3 is 14.8 Å². The zero-order chi connectivity index (χ0) is 24.9. The highest BCUT2D eigenvalue weighted by Crippen LogP contribution is 2.30. The Hall–Kier alpha value is -3.52. The van der Waals surface area contributed by atoms with E-state index in [2.05, 4.69) is 5.32 Å². The van der Waals surface area contributed by atoms with Crippen LogP contribution in [0.3, 0.4) is 0 Å². The second-order valence-electron chi connectivity index (χ2n) is 8.01. The molecule has 0 aliphatic carbocycles. The number of carbonyl (C=O) groups is 1. The second-order valence-corrected chi connectivity index (χ2v) is 9.87. The number of rotatable bonds is 9. The summed E-state index contributed by atoms with van der Waals surface area (Å²) >= 11 is 0. The normalized spacial score (nSPS) is 12.0. The Bertz CT molecular complexity index is 1260. The van der Waals surface area contributed by atoms with Gasteiger partial charge in [0.2, 0.25) is 5.91 Å². The molecule has 3 aromatic rings. The Balaban J connectivity index is 1.92. The Labute approximate surface area is 201 Å². The van der Waals surface area contributed by atoms with Crippen LogP contribution in [-0.2, 0) is 14.8 Å². The predicted octanol–water partition coefficient (Wildman–Crippen LogP) is 4.39. The van der Waals surface area contributed by atoms with E-state index in [9.17, 15) is 13.2 Å². The number of hydrogen-bond donors (Lipinski definition) is 1. The molecule has 180 valence electrons. The van der Waals surface area contributed by atoms with E-state index in [0.717, 1.165) is 21.0 Å². The first kappa shape index (κ1) is 25.1. The molecule has 3 rings (SSSR count). The summed E-state index contributed by atoms with van der Waals surface area (Å²) in [4.78, 5) is 13.2. The third kappa shape index (κ3) is 5.51. The Morgan fingerprint density at radius 2 is 1.65 bits per heavy atom. The van der Waals surface area contributed by atoms with Crippen molar-refractivity contribution in [2.45, 2.75) is 31.7 Å². The predicted molar refractivity (Wildman–Crippen MR) is 133 cm³/mol. The number of aryl methyl sites for hydroxylation is 2. The molecule has 1 N–H and O–H groups in total. The summed E-state index contributed by atoms with van der Waals surface area (Å²) < 4.78 is 39.0. The van der Waals surface area contributed by atoms with Crippen molar-refractivity contribution < 1.29 is 22.7 Å². The lowest BCUT2D eigenvalue weighted by molar-refractivity contribution is -0.120. The van der Waals surface area contributed by atoms with Crippen molar-refractivity contribution in [1.82, 2.24) is 5.32 Å². The molecule has 0 saturated heterocycles. The van der Waals surface area contributed by atoms with Crippen molar-refractivity contribution in [3.8, 4) is 11.5 Å². The van der Waals surface area contributed by atoms with Crippen LogP contribution in [0.15, 0.2) is 71.6 Å². The number of ether oxygens (including phenoxy) is 2. The average molecular weight is 483 g/mol. The molecule has 0 heterocycles. The maximum absolute atomic E-state index is 13.6. The van der Waals surface area contributed by atoms with Gasteiger partial charge in [-0.05, 0) is 62.7 Å². The van der Waals surface area contributed by atoms with Gasteiger partial charge in [0.1, 0.15) is 18.0 Å². The van der Waals surface area contributed by atoms with E-state index in [1.807, 2.05) is 32.9 Å². The quantitative estimate of drug-likeness (QED) is 0.489. The number of methoxy groups -OCH3 is 2. The van der Waals surface area contributed by atoms with Crippen LogP contribution in [-0.4, -0.2) is 35.1 Å². The van der Waals surface area contributed by atoms with E-state index in [1.165, 1.54) is 0 Å². The topological polar surface area (TPSA) is 84.9 Å². The largest absolute Gasteiger partial charge is 0.497 e. The highest BCUT2D eigenvalue weighted by atomic mass is 32.2. The molecule has 0 aliphatic rings. The van der Waals surface area contributed by atoms with Crippen molar-refractivity contribution >= 4 is 21.6 Å². The number of carbonyl (C=O) groups excluding carboxylic acids is 1. The van der Waals surface area contributed by atoms with Gasteiger partial charge in [-0.2, -0.15) is 0 Å². The average Bonchev–Trinajstić information content (AvgIpc) is 2.82. The number of amides is 1. The minimum Gasteiger partial charge on any atom is -0.497 e. The molecule has 0 fully saturated rings. The molecule has 0 radical (unpaired) electrons. The molecule has 1 amide bonds. The van der Waals surface area contributed by atoms with Crippen LogP contribution in [0, 0.1) is 13.8 Å². The van der Waals surface area contributed by atoms with E-state index < -0.39 is 22.0 Å². The number of nitrogens with one attached hydrogen (secondary N) is 1. The van der Waals surface area contributed by atoms with Gasteiger partial charge in [0.05, 0.1) is 30.8 Å². The maximum Gasteiger partial charge on any atom is 0.264 e. The molecule has 3 aromatic carbocycles. The van der Waals surface area contributed by atoms with E-state index in [1.54, 1.807) is 68.8 Å². The number of para-hydroxylation sites is 1. The number of benzene rings is 3. The van der Waals surface area contributed by atoms with Gasteiger partial charge in [-0.1, -0.05) is 35.9 Å². The third-order valence-electron chi connectivity index (χ3n) is 5.56. The molecule has 1 atom stereocenters. The lowest BCUT2D eigenvalue weighted by atomic mass is 10.1. The van der Waals surface area contributed by atoms with Crippen LogP contribution < -0.4 is 19.1 Å². The summed E-state index contributed by atoms with van der Waals surface area (Å²) in [5, 5.41) is 2.89. The number of sulfonamides is 1. The molecule has 0 unspecified atom stereocenters. The van der Waals surface area contributed by atoms with Crippen molar-refractivity contribution in [2.24, 2.45) is 0 Å². The fourth-order valence-electron chi connectivity index (χ4n) is 3.65. The van der Waals surface area contributed by atoms with Gasteiger partial charge in [0.25, 0.3) is 10.0 Å². The van der Waals surface area contributed by atoms with Crippen LogP contribution in [0.5, 0.6) is 11.5 Å². The lowest BCUT2D eigenvalue weighted by Gasteiger charge is -2.26. The summed E-state index contributed by atoms with van der Waals surface area (Å²) in [6.45, 7) is 5.13. The van der Waals surface area contributed by atoms with Gasteiger partial charge in [-0.25, -0.2) is 8.42 Å². The number of nitrogens with zero attached hydrogens (tertiary/aromatic N) is 1. The zero-order valence-corrected chi connectivity index (χ0v) is 20.8. The standard InChI is InChI=1S/C26H30N2O5S/c1-18-10-13-22(14-11-18)34(30,31)28(24-9-7-6-8-19(24)2)17-26(29)27-20(3)23-16-21(32-4)12-15-25(23)33-5/h6-16,20H,17H2,1-5H3,(H,27,29)/t20-/m0/s1. The van der Waals surface area contributed by atoms with E-state index >= 15 is 0 Å². The van der Waals surface area contributed by atoms with Crippen LogP contribution in [0.4, 0.5) is 5.69 Å². The molecule has 7 nitrogen and oxygen atoms in total. The SMILES string of the molecule is COc1ccc(OC)c([C@H](C)NC(=O)CN(c2ccccc2C)S(=O)(=O)c2ccc(C)cc2)c1. The molecule has 0 bridgehead atoms. The van der Waals surface area contributed by atoms with Gasteiger partial charge >= 0.3 is 0 Å². The van der Waals surface area contributed by atoms with Gasteiger partial charge in [0.15, 0.2) is 0 Å². The Morgan fingerprint density at radius 1 is 0.971 bits per heavy atom. The summed E-state index contributed by atoms with van der Waals surface area (Å²) in [5.74, 6) is 0.772. The highest BCUT2D eigenvalue weighted by molar-refractivity contribution is 7.92. The van der Waals surface area contributed by atoms with Gasteiger partial charge in [0, 0.05) is 5.56 Å². The minimum absolute atomic E-state index is 0.122. The monoisotopic (exact) mass is 482 g/mol. The fourth-order valence-corrected chi connectivity index (χ4v) is 5.14. The van der Waals surface area contributed by atoms with Crippen LogP contribution in [0.25, 0.3) is 0 Å². The molecule has 0 spiro atoms. The summed E-state index contributed by atoms with van der Waals surface area (Å²) in [6, 6.07) is 18.5. The molecular weight excluding hydrogens is 452 g/mol. The highest BCUT2D eigenvalue weighted by Gasteiger charge is 2.29. The molecule has 0 aromatic heterocycles. The summed E-state index contributed by atoms with van der Waals surface area (Å²) in [6.07, 6.45) is 0. The first-order valence-electron chi connectivity index (χ1n) is 10.8. The molecular formula is C26H30N2O5S. The van der Waals surface area contributed by atoms with Crippen molar-refractivity contribution in [1.29, 1.82) is 0 Å². The zero-order valence-electron chi connectivity index (χ0n) is 20.0. The smallest absolute Gasteiger partial charge is 0.264 e. The molecule has 0 saturated carbocycles. The molecule has 34 heavy (non-hydrogen) atoms. The molecule has 8 heteroatoms. The fraction of sp³-hybridized carbons (Fsp3) is 0.269. The first-order chi connectivity index (χ1) is 16.2. The van der Waals surface area contributed by atoms with E-state index in [0.29, 0.717) is 17.2 Å². The molecule has 0 aliphatic heterocycles. The van der Waals surface area contributed by atoms with E-state index in [4.69, 9.17) is 9.47 Å². The Kier molecular flexibility index (Phi) is 7.83. The minimum atomic E-state index is -3.98.